The smallest absolute Gasteiger partial charge is 0.0786 e. The first-order chi connectivity index (χ1) is 7.74. The molecule has 0 aliphatic heterocycles. The minimum Gasteiger partial charge on any atom is -0.324 e. The fraction of sp³-hybridized carbons (Fsp3) is 1.00. The third kappa shape index (κ3) is 7.10. The van der Waals surface area contributed by atoms with Crippen LogP contribution >= 0.6 is 22.6 Å². The van der Waals surface area contributed by atoms with Crippen molar-refractivity contribution >= 4 is 22.6 Å². The number of hydrogen-bond acceptors (Lipinski definition) is 0. The highest BCUT2D eigenvalue weighted by Crippen LogP contribution is 2.12. The summed E-state index contributed by atoms with van der Waals surface area (Å²) in [6, 6.07) is 0. The lowest BCUT2D eigenvalue weighted by Gasteiger charge is -2.35. The molecular weight excluding hydrogens is 309 g/mol. The Labute approximate surface area is 117 Å². The third-order valence-corrected chi connectivity index (χ3v) is 4.79. The molecule has 16 heavy (non-hydrogen) atoms. The normalized spacial score (nSPS) is 12.0. The summed E-state index contributed by atoms with van der Waals surface area (Å²) in [5.74, 6) is 0. The van der Waals surface area contributed by atoms with Crippen LogP contribution in [0.4, 0.5) is 0 Å². The van der Waals surface area contributed by atoms with Crippen molar-refractivity contribution in [3.63, 3.8) is 0 Å². The number of unbranched alkanes of at least 4 members (excludes halogenated alkanes) is 5. The molecule has 0 aromatic rings. The molecule has 0 heterocycles. The molecule has 0 bridgehead atoms. The molecule has 0 unspecified atom stereocenters. The van der Waals surface area contributed by atoms with Crippen LogP contribution in [0.1, 0.15) is 59.3 Å². The van der Waals surface area contributed by atoms with Crippen LogP contribution in [-0.2, 0) is 0 Å². The second kappa shape index (κ2) is 10.8. The highest BCUT2D eigenvalue weighted by atomic mass is 127. The van der Waals surface area contributed by atoms with Gasteiger partial charge in [-0.05, 0) is 44.5 Å². The Hall–Kier alpha value is 0.690. The Morgan fingerprint density at radius 2 is 1.12 bits per heavy atom. The molecule has 0 fully saturated rings. The number of alkyl halides is 1. The van der Waals surface area contributed by atoms with Crippen LogP contribution in [0.25, 0.3) is 0 Å². The first-order valence-corrected chi connectivity index (χ1v) is 8.68. The minimum absolute atomic E-state index is 1.31. The van der Waals surface area contributed by atoms with E-state index in [0.29, 0.717) is 0 Å². The molecule has 98 valence electrons. The van der Waals surface area contributed by atoms with E-state index in [2.05, 4.69) is 43.4 Å². The van der Waals surface area contributed by atoms with Crippen LogP contribution in [0.3, 0.4) is 0 Å². The Balaban J connectivity index is 3.48. The molecule has 0 radical (unpaired) electrons. The standard InChI is InChI=1S/C14H31IN/c1-4-16(5-2,6-3)14-12-10-8-7-9-11-13-15/h4-14H2,1-3H3/q+1. The zero-order valence-corrected chi connectivity index (χ0v) is 13.8. The van der Waals surface area contributed by atoms with Gasteiger partial charge in [-0.2, -0.15) is 0 Å². The summed E-state index contributed by atoms with van der Waals surface area (Å²) in [4.78, 5) is 0. The van der Waals surface area contributed by atoms with Gasteiger partial charge in [-0.25, -0.2) is 0 Å². The maximum atomic E-state index is 2.48. The zero-order valence-electron chi connectivity index (χ0n) is 11.6. The van der Waals surface area contributed by atoms with Crippen molar-refractivity contribution < 1.29 is 4.48 Å². The molecule has 0 aliphatic rings. The average molecular weight is 340 g/mol. The summed E-state index contributed by atoms with van der Waals surface area (Å²) >= 11 is 2.48. The first-order valence-electron chi connectivity index (χ1n) is 7.15. The topological polar surface area (TPSA) is 0 Å². The van der Waals surface area contributed by atoms with Gasteiger partial charge >= 0.3 is 0 Å². The van der Waals surface area contributed by atoms with E-state index in [1.165, 1.54) is 73.6 Å². The van der Waals surface area contributed by atoms with Gasteiger partial charge < -0.3 is 4.48 Å². The van der Waals surface area contributed by atoms with E-state index < -0.39 is 0 Å². The predicted octanol–water partition coefficient (Wildman–Crippen LogP) is 4.64. The fourth-order valence-corrected chi connectivity index (χ4v) is 2.93. The highest BCUT2D eigenvalue weighted by Gasteiger charge is 2.19. The van der Waals surface area contributed by atoms with Crippen LogP contribution in [-0.4, -0.2) is 35.1 Å². The Morgan fingerprint density at radius 1 is 0.688 bits per heavy atom. The molecule has 0 amide bonds. The van der Waals surface area contributed by atoms with Crippen molar-refractivity contribution in [2.45, 2.75) is 59.3 Å². The number of rotatable bonds is 11. The van der Waals surface area contributed by atoms with Crippen molar-refractivity contribution in [1.29, 1.82) is 0 Å². The lowest BCUT2D eigenvalue weighted by Crippen LogP contribution is -2.48. The number of halogens is 1. The van der Waals surface area contributed by atoms with Crippen LogP contribution in [0.15, 0.2) is 0 Å². The molecule has 1 nitrogen and oxygen atoms in total. The second-order valence-electron chi connectivity index (χ2n) is 4.82. The lowest BCUT2D eigenvalue weighted by molar-refractivity contribution is -0.923. The summed E-state index contributed by atoms with van der Waals surface area (Å²) in [5.41, 5.74) is 0. The van der Waals surface area contributed by atoms with Gasteiger partial charge in [-0.3, -0.25) is 0 Å². The second-order valence-corrected chi connectivity index (χ2v) is 5.90. The third-order valence-electron chi connectivity index (χ3n) is 4.03. The van der Waals surface area contributed by atoms with Gasteiger partial charge in [0.1, 0.15) is 0 Å². The number of quaternary nitrogens is 1. The van der Waals surface area contributed by atoms with E-state index in [1.54, 1.807) is 0 Å². The van der Waals surface area contributed by atoms with E-state index >= 15 is 0 Å². The molecule has 0 saturated carbocycles. The predicted molar refractivity (Wildman–Crippen MR) is 83.3 cm³/mol. The molecule has 0 N–H and O–H groups in total. The van der Waals surface area contributed by atoms with Gasteiger partial charge in [0.2, 0.25) is 0 Å². The molecule has 0 aromatic heterocycles. The monoisotopic (exact) mass is 340 g/mol. The van der Waals surface area contributed by atoms with Gasteiger partial charge in [0.05, 0.1) is 26.2 Å². The molecule has 2 heteroatoms. The molecule has 0 atom stereocenters. The van der Waals surface area contributed by atoms with Gasteiger partial charge in [0.25, 0.3) is 0 Å². The molecule has 0 aliphatic carbocycles. The number of nitrogens with zero attached hydrogens (tertiary/aromatic N) is 1. The van der Waals surface area contributed by atoms with Crippen LogP contribution in [0.2, 0.25) is 0 Å². The summed E-state index contributed by atoms with van der Waals surface area (Å²) in [7, 11) is 0. The van der Waals surface area contributed by atoms with E-state index in [1.807, 2.05) is 0 Å². The SMILES string of the molecule is CC[N+](CC)(CC)CCCCCCCCI. The van der Waals surface area contributed by atoms with Crippen LogP contribution < -0.4 is 0 Å². The summed E-state index contributed by atoms with van der Waals surface area (Å²) in [5, 5.41) is 0. The highest BCUT2D eigenvalue weighted by molar-refractivity contribution is 14.1. The Bertz CT molecular complexity index is 135. The minimum atomic E-state index is 1.31. The average Bonchev–Trinajstić information content (AvgIpc) is 2.34. The molecular formula is C14H31IN+. The molecule has 0 saturated heterocycles. The van der Waals surface area contributed by atoms with Gasteiger partial charge in [0.15, 0.2) is 0 Å². The van der Waals surface area contributed by atoms with Crippen molar-refractivity contribution in [2.75, 3.05) is 30.6 Å². The van der Waals surface area contributed by atoms with E-state index in [9.17, 15) is 0 Å². The summed E-state index contributed by atoms with van der Waals surface area (Å²) < 4.78 is 2.66. The van der Waals surface area contributed by atoms with Crippen molar-refractivity contribution in [1.82, 2.24) is 0 Å². The Morgan fingerprint density at radius 3 is 1.56 bits per heavy atom. The maximum Gasteiger partial charge on any atom is 0.0786 e. The van der Waals surface area contributed by atoms with Crippen molar-refractivity contribution in [2.24, 2.45) is 0 Å². The number of hydrogen-bond donors (Lipinski definition) is 0. The fourth-order valence-electron chi connectivity index (χ4n) is 2.39. The van der Waals surface area contributed by atoms with Gasteiger partial charge in [-0.1, -0.05) is 41.9 Å². The lowest BCUT2D eigenvalue weighted by atomic mass is 10.1. The van der Waals surface area contributed by atoms with Crippen molar-refractivity contribution in [3.8, 4) is 0 Å². The summed E-state index contributed by atoms with van der Waals surface area (Å²) in [6.45, 7) is 12.3. The maximum absolute atomic E-state index is 2.48. The quantitative estimate of drug-likeness (QED) is 0.222. The van der Waals surface area contributed by atoms with Crippen LogP contribution in [0.5, 0.6) is 0 Å². The van der Waals surface area contributed by atoms with E-state index in [4.69, 9.17) is 0 Å². The largest absolute Gasteiger partial charge is 0.324 e. The van der Waals surface area contributed by atoms with Crippen molar-refractivity contribution in [3.05, 3.63) is 0 Å². The van der Waals surface area contributed by atoms with Gasteiger partial charge in [-0.15, -0.1) is 0 Å². The summed E-state index contributed by atoms with van der Waals surface area (Å²) in [6.07, 6.45) is 8.64. The molecule has 0 spiro atoms. The molecule has 0 rings (SSSR count). The van der Waals surface area contributed by atoms with Gasteiger partial charge in [0, 0.05) is 0 Å². The van der Waals surface area contributed by atoms with Crippen LogP contribution in [0, 0.1) is 0 Å². The Kier molecular flexibility index (Phi) is 11.3. The first kappa shape index (κ1) is 16.7. The van der Waals surface area contributed by atoms with E-state index in [-0.39, 0.29) is 0 Å². The zero-order chi connectivity index (χ0) is 12.3. The van der Waals surface area contributed by atoms with E-state index in [0.717, 1.165) is 0 Å². The molecule has 0 aromatic carbocycles.